The quantitative estimate of drug-likeness (QED) is 0.706. The Kier molecular flexibility index (Phi) is 2.96. The van der Waals surface area contributed by atoms with Gasteiger partial charge in [0.05, 0.1) is 6.54 Å². The fourth-order valence-electron chi connectivity index (χ4n) is 3.43. The molecule has 0 radical (unpaired) electrons. The van der Waals surface area contributed by atoms with E-state index >= 15 is 0 Å². The van der Waals surface area contributed by atoms with Gasteiger partial charge in [0, 0.05) is 37.8 Å². The van der Waals surface area contributed by atoms with Crippen LogP contribution in [0.1, 0.15) is 26.7 Å². The van der Waals surface area contributed by atoms with Crippen LogP contribution in [0, 0.1) is 0 Å². The van der Waals surface area contributed by atoms with Gasteiger partial charge in [-0.15, -0.1) is 0 Å². The summed E-state index contributed by atoms with van der Waals surface area (Å²) in [5.74, 6) is 0. The molecule has 3 atom stereocenters. The summed E-state index contributed by atoms with van der Waals surface area (Å²) < 4.78 is 13.2. The smallest absolute Gasteiger partial charge is 0.320 e. The average Bonchev–Trinajstić information content (AvgIpc) is 2.76. The number of nitrogens with zero attached hydrogens (tertiary/aromatic N) is 3. The van der Waals surface area contributed by atoms with E-state index in [-0.39, 0.29) is 6.03 Å². The van der Waals surface area contributed by atoms with Crippen molar-refractivity contribution in [1.82, 2.24) is 14.7 Å². The van der Waals surface area contributed by atoms with Crippen molar-refractivity contribution in [1.29, 1.82) is 0 Å². The third kappa shape index (κ3) is 1.88. The number of amides is 2. The summed E-state index contributed by atoms with van der Waals surface area (Å²) >= 11 is 0. The van der Waals surface area contributed by atoms with Crippen LogP contribution in [0.4, 0.5) is 9.18 Å². The maximum absolute atomic E-state index is 13.2. The molecule has 4 nitrogen and oxygen atoms in total. The molecule has 4 heterocycles. The second-order valence-electron chi connectivity index (χ2n) is 6.11. The second kappa shape index (κ2) is 4.37. The van der Waals surface area contributed by atoms with Gasteiger partial charge >= 0.3 is 6.03 Å². The Balaban J connectivity index is 1.61. The van der Waals surface area contributed by atoms with E-state index in [0.29, 0.717) is 37.6 Å². The monoisotopic (exact) mass is 255 g/mol. The van der Waals surface area contributed by atoms with Gasteiger partial charge in [0.15, 0.2) is 0 Å². The van der Waals surface area contributed by atoms with Gasteiger partial charge in [-0.3, -0.25) is 4.90 Å². The largest absolute Gasteiger partial charge is 0.322 e. The normalized spacial score (nSPS) is 36.1. The van der Waals surface area contributed by atoms with Crippen LogP contribution in [-0.2, 0) is 0 Å². The van der Waals surface area contributed by atoms with E-state index < -0.39 is 6.17 Å². The molecular weight excluding hydrogens is 233 g/mol. The first-order chi connectivity index (χ1) is 8.56. The van der Waals surface area contributed by atoms with Gasteiger partial charge in [-0.1, -0.05) is 0 Å². The maximum Gasteiger partial charge on any atom is 0.320 e. The molecule has 102 valence electrons. The summed E-state index contributed by atoms with van der Waals surface area (Å²) in [5.41, 5.74) is 0. The van der Waals surface area contributed by atoms with Gasteiger partial charge in [0.25, 0.3) is 0 Å². The lowest BCUT2D eigenvalue weighted by Crippen LogP contribution is -2.72. The van der Waals surface area contributed by atoms with E-state index in [1.165, 1.54) is 0 Å². The van der Waals surface area contributed by atoms with Crippen molar-refractivity contribution in [2.45, 2.75) is 51.0 Å². The number of hydrogen-bond acceptors (Lipinski definition) is 2. The van der Waals surface area contributed by atoms with Crippen LogP contribution in [0.25, 0.3) is 0 Å². The highest BCUT2D eigenvalue weighted by Crippen LogP contribution is 2.34. The van der Waals surface area contributed by atoms with Crippen LogP contribution >= 0.6 is 0 Å². The number of halogens is 1. The number of hydrogen-bond donors (Lipinski definition) is 0. The molecule has 2 bridgehead atoms. The van der Waals surface area contributed by atoms with Crippen LogP contribution < -0.4 is 0 Å². The SMILES string of the molecule is CC(C)N1CC2CC(C1)N2C(=O)N1CCC(F)C1. The first-order valence-electron chi connectivity index (χ1n) is 7.01. The molecule has 0 N–H and O–H groups in total. The molecule has 4 rings (SSSR count). The molecule has 4 fully saturated rings. The number of urea groups is 1. The summed E-state index contributed by atoms with van der Waals surface area (Å²) in [6, 6.07) is 1.34. The molecule has 0 aliphatic carbocycles. The lowest BCUT2D eigenvalue weighted by molar-refractivity contribution is -0.0544. The summed E-state index contributed by atoms with van der Waals surface area (Å²) in [6.07, 6.45) is 0.816. The lowest BCUT2D eigenvalue weighted by atomic mass is 9.87. The molecule has 2 amide bonds. The minimum absolute atomic E-state index is 0.0693. The number of piperazine rings is 1. The lowest BCUT2D eigenvalue weighted by Gasteiger charge is -2.57. The Labute approximate surface area is 108 Å². The highest BCUT2D eigenvalue weighted by atomic mass is 19.1. The predicted octanol–water partition coefficient (Wildman–Crippen LogP) is 1.32. The zero-order valence-corrected chi connectivity index (χ0v) is 11.2. The number of fused-ring (bicyclic) bond motifs is 2. The fourth-order valence-corrected chi connectivity index (χ4v) is 3.43. The van der Waals surface area contributed by atoms with E-state index in [1.54, 1.807) is 4.90 Å². The minimum Gasteiger partial charge on any atom is -0.322 e. The second-order valence-corrected chi connectivity index (χ2v) is 6.11. The molecule has 4 saturated heterocycles. The van der Waals surface area contributed by atoms with Crippen molar-refractivity contribution in [2.75, 3.05) is 26.2 Å². The first-order valence-corrected chi connectivity index (χ1v) is 7.01. The molecule has 0 spiro atoms. The Hall–Kier alpha value is -0.840. The van der Waals surface area contributed by atoms with Gasteiger partial charge in [-0.2, -0.15) is 0 Å². The Morgan fingerprint density at radius 3 is 2.39 bits per heavy atom. The number of alkyl halides is 1. The molecular formula is C13H22FN3O. The molecule has 0 saturated carbocycles. The van der Waals surface area contributed by atoms with Crippen molar-refractivity contribution in [3.05, 3.63) is 0 Å². The number of carbonyl (C=O) groups excluding carboxylic acids is 1. The first kappa shape index (κ1) is 12.2. The van der Waals surface area contributed by atoms with E-state index in [9.17, 15) is 9.18 Å². The van der Waals surface area contributed by atoms with Crippen LogP contribution in [0.5, 0.6) is 0 Å². The van der Waals surface area contributed by atoms with Crippen molar-refractivity contribution in [3.63, 3.8) is 0 Å². The summed E-state index contributed by atoms with van der Waals surface area (Å²) in [6.45, 7) is 7.24. The topological polar surface area (TPSA) is 26.8 Å². The van der Waals surface area contributed by atoms with Crippen molar-refractivity contribution in [3.8, 4) is 0 Å². The van der Waals surface area contributed by atoms with Crippen molar-refractivity contribution in [2.24, 2.45) is 0 Å². The molecule has 5 heteroatoms. The van der Waals surface area contributed by atoms with Crippen LogP contribution in [0.15, 0.2) is 0 Å². The fraction of sp³-hybridized carbons (Fsp3) is 0.923. The van der Waals surface area contributed by atoms with Gasteiger partial charge in [0.1, 0.15) is 6.17 Å². The number of likely N-dealkylation sites (tertiary alicyclic amines) is 1. The summed E-state index contributed by atoms with van der Waals surface area (Å²) in [7, 11) is 0. The van der Waals surface area contributed by atoms with E-state index in [4.69, 9.17) is 0 Å². The van der Waals surface area contributed by atoms with E-state index in [2.05, 4.69) is 18.7 Å². The molecule has 3 unspecified atom stereocenters. The molecule has 0 aromatic rings. The van der Waals surface area contributed by atoms with Crippen molar-refractivity contribution < 1.29 is 9.18 Å². The summed E-state index contributed by atoms with van der Waals surface area (Å²) in [5, 5.41) is 0. The Bertz CT molecular complexity index is 337. The van der Waals surface area contributed by atoms with Crippen molar-refractivity contribution >= 4 is 6.03 Å². The molecule has 4 aliphatic heterocycles. The van der Waals surface area contributed by atoms with E-state index in [0.717, 1.165) is 19.5 Å². The highest BCUT2D eigenvalue weighted by Gasteiger charge is 2.49. The molecule has 0 aromatic carbocycles. The Morgan fingerprint density at radius 2 is 1.89 bits per heavy atom. The van der Waals surface area contributed by atoms with Crippen LogP contribution in [0.3, 0.4) is 0 Å². The predicted molar refractivity (Wildman–Crippen MR) is 67.2 cm³/mol. The number of carbonyl (C=O) groups is 1. The number of piperidine rings is 1. The van der Waals surface area contributed by atoms with Gasteiger partial charge in [-0.05, 0) is 26.7 Å². The minimum atomic E-state index is -0.817. The standard InChI is InChI=1S/C13H22FN3O/c1-9(2)16-7-11-5-12(8-16)17(11)13(18)15-4-3-10(14)6-15/h9-12H,3-8H2,1-2H3. The zero-order chi connectivity index (χ0) is 12.9. The third-order valence-corrected chi connectivity index (χ3v) is 4.57. The molecule has 0 aromatic heterocycles. The average molecular weight is 255 g/mol. The highest BCUT2D eigenvalue weighted by molar-refractivity contribution is 5.77. The third-order valence-electron chi connectivity index (χ3n) is 4.57. The molecule has 4 aliphatic rings. The Morgan fingerprint density at radius 1 is 1.22 bits per heavy atom. The van der Waals surface area contributed by atoms with Gasteiger partial charge < -0.3 is 9.80 Å². The van der Waals surface area contributed by atoms with Crippen LogP contribution in [0.2, 0.25) is 0 Å². The van der Waals surface area contributed by atoms with Gasteiger partial charge in [0.2, 0.25) is 0 Å². The summed E-state index contributed by atoms with van der Waals surface area (Å²) in [4.78, 5) is 18.5. The van der Waals surface area contributed by atoms with E-state index in [1.807, 2.05) is 4.90 Å². The maximum atomic E-state index is 13.2. The zero-order valence-electron chi connectivity index (χ0n) is 11.2. The molecule has 18 heavy (non-hydrogen) atoms. The van der Waals surface area contributed by atoms with Crippen LogP contribution in [-0.4, -0.2) is 71.2 Å². The number of rotatable bonds is 1. The van der Waals surface area contributed by atoms with Gasteiger partial charge in [-0.25, -0.2) is 9.18 Å².